The lowest BCUT2D eigenvalue weighted by atomic mass is 10.0. The van der Waals surface area contributed by atoms with Crippen LogP contribution in [0.1, 0.15) is 58.7 Å². The lowest BCUT2D eigenvalue weighted by molar-refractivity contribution is 0.0564. The monoisotopic (exact) mass is 395 g/mol. The van der Waals surface area contributed by atoms with E-state index in [0.717, 1.165) is 24.8 Å². The standard InChI is InChI=1S/C21H22FN5O2/c1-13-9-17(26-21(23)25-13)20(28)27-8-3-2-7-18(27)19-24-12-16(29-19)11-14-5-4-6-15(22)10-14/h4-6,9-10,12,18H,2-3,7-8,11H2,1H3,(H2,23,25,26)/t18-/m0/s1. The van der Waals surface area contributed by atoms with Gasteiger partial charge in [-0.3, -0.25) is 4.79 Å². The molecule has 0 spiro atoms. The molecule has 1 aliphatic rings. The fourth-order valence-corrected chi connectivity index (χ4v) is 3.69. The number of nitrogen functional groups attached to an aromatic ring is 1. The minimum absolute atomic E-state index is 0.0791. The fourth-order valence-electron chi connectivity index (χ4n) is 3.69. The van der Waals surface area contributed by atoms with Gasteiger partial charge in [0, 0.05) is 18.7 Å². The number of rotatable bonds is 4. The zero-order chi connectivity index (χ0) is 20.4. The molecule has 1 atom stereocenters. The second-order valence-corrected chi connectivity index (χ2v) is 7.23. The maximum Gasteiger partial charge on any atom is 0.273 e. The molecule has 0 bridgehead atoms. The molecule has 4 rings (SSSR count). The molecule has 1 fully saturated rings. The van der Waals surface area contributed by atoms with Crippen LogP contribution in [0.5, 0.6) is 0 Å². The molecule has 2 N–H and O–H groups in total. The third kappa shape index (κ3) is 4.26. The molecule has 0 aliphatic carbocycles. The van der Waals surface area contributed by atoms with Crippen molar-refractivity contribution in [3.05, 3.63) is 70.9 Å². The Morgan fingerprint density at radius 2 is 2.17 bits per heavy atom. The minimum Gasteiger partial charge on any atom is -0.443 e. The number of aryl methyl sites for hydroxylation is 1. The molecular weight excluding hydrogens is 373 g/mol. The molecule has 1 aromatic carbocycles. The summed E-state index contributed by atoms with van der Waals surface area (Å²) in [6.45, 7) is 2.36. The van der Waals surface area contributed by atoms with Crippen molar-refractivity contribution in [1.29, 1.82) is 0 Å². The summed E-state index contributed by atoms with van der Waals surface area (Å²) in [6.07, 6.45) is 4.71. The average molecular weight is 395 g/mol. The van der Waals surface area contributed by atoms with Crippen LogP contribution in [0.4, 0.5) is 10.3 Å². The van der Waals surface area contributed by atoms with Crippen molar-refractivity contribution in [1.82, 2.24) is 19.9 Å². The summed E-state index contributed by atoms with van der Waals surface area (Å²) in [4.78, 5) is 27.4. The molecule has 7 nitrogen and oxygen atoms in total. The Morgan fingerprint density at radius 1 is 1.31 bits per heavy atom. The number of halogens is 1. The Morgan fingerprint density at radius 3 is 2.97 bits per heavy atom. The smallest absolute Gasteiger partial charge is 0.273 e. The summed E-state index contributed by atoms with van der Waals surface area (Å²) in [5, 5.41) is 0. The summed E-state index contributed by atoms with van der Waals surface area (Å²) in [5.74, 6) is 0.701. The Labute approximate surface area is 167 Å². The first-order valence-electron chi connectivity index (χ1n) is 9.61. The average Bonchev–Trinajstić information content (AvgIpc) is 3.15. The SMILES string of the molecule is Cc1cc(C(=O)N2CCCC[C@H]2c2ncc(Cc3cccc(F)c3)o2)nc(N)n1. The van der Waals surface area contributed by atoms with Gasteiger partial charge in [-0.25, -0.2) is 19.3 Å². The van der Waals surface area contributed by atoms with Gasteiger partial charge in [0.05, 0.1) is 6.20 Å². The van der Waals surface area contributed by atoms with Crippen molar-refractivity contribution in [3.8, 4) is 0 Å². The number of piperidine rings is 1. The van der Waals surface area contributed by atoms with E-state index in [-0.39, 0.29) is 29.4 Å². The van der Waals surface area contributed by atoms with Crippen LogP contribution in [0.3, 0.4) is 0 Å². The van der Waals surface area contributed by atoms with Gasteiger partial charge in [0.1, 0.15) is 23.3 Å². The van der Waals surface area contributed by atoms with Gasteiger partial charge in [0.15, 0.2) is 0 Å². The topological polar surface area (TPSA) is 98.1 Å². The van der Waals surface area contributed by atoms with Gasteiger partial charge >= 0.3 is 0 Å². The first-order valence-corrected chi connectivity index (χ1v) is 9.61. The summed E-state index contributed by atoms with van der Waals surface area (Å²) < 4.78 is 19.4. The van der Waals surface area contributed by atoms with Crippen molar-refractivity contribution in [2.75, 3.05) is 12.3 Å². The third-order valence-corrected chi connectivity index (χ3v) is 4.98. The lowest BCUT2D eigenvalue weighted by Crippen LogP contribution is -2.39. The number of amides is 1. The van der Waals surface area contributed by atoms with Crippen molar-refractivity contribution in [2.24, 2.45) is 0 Å². The number of benzene rings is 1. The number of likely N-dealkylation sites (tertiary alicyclic amines) is 1. The van der Waals surface area contributed by atoms with Gasteiger partial charge < -0.3 is 15.1 Å². The minimum atomic E-state index is -0.286. The normalized spacial score (nSPS) is 16.8. The first kappa shape index (κ1) is 19.0. The Balaban J connectivity index is 1.56. The van der Waals surface area contributed by atoms with E-state index in [2.05, 4.69) is 15.0 Å². The van der Waals surface area contributed by atoms with E-state index in [9.17, 15) is 9.18 Å². The molecule has 1 amide bonds. The molecule has 150 valence electrons. The van der Waals surface area contributed by atoms with E-state index < -0.39 is 0 Å². The van der Waals surface area contributed by atoms with Crippen molar-refractivity contribution < 1.29 is 13.6 Å². The Hall–Kier alpha value is -3.29. The Kier molecular flexibility index (Phi) is 5.24. The van der Waals surface area contributed by atoms with Crippen LogP contribution < -0.4 is 5.73 Å². The summed E-state index contributed by atoms with van der Waals surface area (Å²) in [7, 11) is 0. The summed E-state index contributed by atoms with van der Waals surface area (Å²) >= 11 is 0. The molecule has 0 saturated carbocycles. The molecule has 1 aliphatic heterocycles. The number of aromatic nitrogens is 3. The molecule has 0 radical (unpaired) electrons. The van der Waals surface area contributed by atoms with Crippen LogP contribution in [-0.2, 0) is 6.42 Å². The van der Waals surface area contributed by atoms with E-state index >= 15 is 0 Å². The number of nitrogens with two attached hydrogens (primary N) is 1. The molecule has 8 heteroatoms. The van der Waals surface area contributed by atoms with Crippen LogP contribution >= 0.6 is 0 Å². The van der Waals surface area contributed by atoms with Crippen LogP contribution in [-0.4, -0.2) is 32.3 Å². The van der Waals surface area contributed by atoms with E-state index in [1.807, 2.05) is 6.07 Å². The highest BCUT2D eigenvalue weighted by atomic mass is 19.1. The van der Waals surface area contributed by atoms with E-state index in [1.165, 1.54) is 12.1 Å². The predicted molar refractivity (Wildman–Crippen MR) is 105 cm³/mol. The second kappa shape index (κ2) is 7.98. The molecule has 0 unspecified atom stereocenters. The van der Waals surface area contributed by atoms with Crippen molar-refractivity contribution in [3.63, 3.8) is 0 Å². The van der Waals surface area contributed by atoms with Crippen LogP contribution in [0.2, 0.25) is 0 Å². The second-order valence-electron chi connectivity index (χ2n) is 7.23. The first-order chi connectivity index (χ1) is 14.0. The quantitative estimate of drug-likeness (QED) is 0.726. The van der Waals surface area contributed by atoms with Crippen LogP contribution in [0, 0.1) is 12.7 Å². The zero-order valence-corrected chi connectivity index (χ0v) is 16.1. The molecule has 1 saturated heterocycles. The van der Waals surface area contributed by atoms with Gasteiger partial charge in [0.2, 0.25) is 11.8 Å². The van der Waals surface area contributed by atoms with E-state index in [1.54, 1.807) is 30.2 Å². The number of carbonyl (C=O) groups excluding carboxylic acids is 1. The number of hydrogen-bond donors (Lipinski definition) is 1. The maximum atomic E-state index is 13.4. The highest BCUT2D eigenvalue weighted by Gasteiger charge is 2.32. The molecule has 29 heavy (non-hydrogen) atoms. The number of nitrogens with zero attached hydrogens (tertiary/aromatic N) is 4. The van der Waals surface area contributed by atoms with Gasteiger partial charge in [-0.15, -0.1) is 0 Å². The maximum absolute atomic E-state index is 13.4. The van der Waals surface area contributed by atoms with Gasteiger partial charge in [-0.05, 0) is 49.9 Å². The highest BCUT2D eigenvalue weighted by Crippen LogP contribution is 2.32. The van der Waals surface area contributed by atoms with Crippen molar-refractivity contribution >= 4 is 11.9 Å². The zero-order valence-electron chi connectivity index (χ0n) is 16.1. The number of carbonyl (C=O) groups is 1. The largest absolute Gasteiger partial charge is 0.443 e. The van der Waals surface area contributed by atoms with Crippen molar-refractivity contribution in [2.45, 2.75) is 38.6 Å². The lowest BCUT2D eigenvalue weighted by Gasteiger charge is -2.33. The van der Waals surface area contributed by atoms with Gasteiger partial charge in [-0.2, -0.15) is 0 Å². The highest BCUT2D eigenvalue weighted by molar-refractivity contribution is 5.93. The van der Waals surface area contributed by atoms with Crippen LogP contribution in [0.15, 0.2) is 40.9 Å². The van der Waals surface area contributed by atoms with Gasteiger partial charge in [0.25, 0.3) is 5.91 Å². The Bertz CT molecular complexity index is 1020. The fraction of sp³-hybridized carbons (Fsp3) is 0.333. The molecule has 2 aromatic heterocycles. The number of oxazole rings is 1. The molecule has 3 aromatic rings. The summed E-state index contributed by atoms with van der Waals surface area (Å²) in [6, 6.07) is 7.75. The number of hydrogen-bond acceptors (Lipinski definition) is 6. The number of anilines is 1. The molecular formula is C21H22FN5O2. The van der Waals surface area contributed by atoms with Gasteiger partial charge in [-0.1, -0.05) is 12.1 Å². The predicted octanol–water partition coefficient (Wildman–Crippen LogP) is 3.45. The summed E-state index contributed by atoms with van der Waals surface area (Å²) in [5.41, 5.74) is 7.42. The van der Waals surface area contributed by atoms with E-state index in [0.29, 0.717) is 30.3 Å². The van der Waals surface area contributed by atoms with Crippen LogP contribution in [0.25, 0.3) is 0 Å². The third-order valence-electron chi connectivity index (χ3n) is 4.98. The molecule has 3 heterocycles. The van der Waals surface area contributed by atoms with E-state index in [4.69, 9.17) is 10.2 Å².